The zero-order valence-corrected chi connectivity index (χ0v) is 15.9. The summed E-state index contributed by atoms with van der Waals surface area (Å²) in [6.07, 6.45) is 3.64. The lowest BCUT2D eigenvalue weighted by Gasteiger charge is -2.13. The maximum absolute atomic E-state index is 13.0. The van der Waals surface area contributed by atoms with E-state index in [-0.39, 0.29) is 23.0 Å². The van der Waals surface area contributed by atoms with Crippen LogP contribution in [0.2, 0.25) is 0 Å². The molecule has 0 atom stereocenters. The van der Waals surface area contributed by atoms with Crippen molar-refractivity contribution in [2.24, 2.45) is 0 Å². The number of anilines is 1. The summed E-state index contributed by atoms with van der Waals surface area (Å²) in [6, 6.07) is 11.9. The lowest BCUT2D eigenvalue weighted by molar-refractivity contribution is 0.0601. The zero-order valence-electron chi connectivity index (χ0n) is 15.9. The number of para-hydroxylation sites is 1. The average Bonchev–Trinajstić information content (AvgIpc) is 3.41. The largest absolute Gasteiger partial charge is 0.465 e. The van der Waals surface area contributed by atoms with Crippen molar-refractivity contribution in [2.45, 2.75) is 12.8 Å². The number of aromatic nitrogens is 2. The molecule has 4 rings (SSSR count). The minimum Gasteiger partial charge on any atom is -0.465 e. The van der Waals surface area contributed by atoms with Gasteiger partial charge in [0.25, 0.3) is 11.8 Å². The van der Waals surface area contributed by atoms with Gasteiger partial charge in [0.2, 0.25) is 5.82 Å². The third-order valence-corrected chi connectivity index (χ3v) is 4.93. The summed E-state index contributed by atoms with van der Waals surface area (Å²) >= 11 is 0. The molecule has 0 saturated carbocycles. The molecule has 1 N–H and O–H groups in total. The lowest BCUT2D eigenvalue weighted by atomic mass is 10.1. The van der Waals surface area contributed by atoms with Gasteiger partial charge in [0.05, 0.1) is 23.9 Å². The summed E-state index contributed by atoms with van der Waals surface area (Å²) in [6.45, 7) is 1.38. The van der Waals surface area contributed by atoms with Crippen LogP contribution in [0.3, 0.4) is 0 Å². The first kappa shape index (κ1) is 18.7. The molecule has 2 aromatic heterocycles. The topological polar surface area (TPSA) is 93.0 Å². The molecule has 3 heterocycles. The van der Waals surface area contributed by atoms with Crippen molar-refractivity contribution >= 4 is 29.0 Å². The van der Waals surface area contributed by atoms with Crippen LogP contribution in [0.25, 0.3) is 5.52 Å². The molecule has 2 amide bonds. The summed E-state index contributed by atoms with van der Waals surface area (Å²) in [5.74, 6) is -1.06. The fraction of sp³-hybridized carbons (Fsp3) is 0.238. The van der Waals surface area contributed by atoms with E-state index >= 15 is 0 Å². The van der Waals surface area contributed by atoms with Crippen LogP contribution in [0.15, 0.2) is 48.7 Å². The van der Waals surface area contributed by atoms with E-state index < -0.39 is 11.9 Å². The fourth-order valence-corrected chi connectivity index (χ4v) is 3.48. The summed E-state index contributed by atoms with van der Waals surface area (Å²) < 4.78 is 6.39. The van der Waals surface area contributed by atoms with Gasteiger partial charge in [-0.15, -0.1) is 0 Å². The first-order chi connectivity index (χ1) is 14.1. The maximum atomic E-state index is 13.0. The second-order valence-corrected chi connectivity index (χ2v) is 6.73. The summed E-state index contributed by atoms with van der Waals surface area (Å²) in [5.41, 5.74) is 1.19. The minimum absolute atomic E-state index is 0.118. The van der Waals surface area contributed by atoms with Crippen molar-refractivity contribution in [3.05, 3.63) is 65.7 Å². The Morgan fingerprint density at radius 3 is 2.52 bits per heavy atom. The van der Waals surface area contributed by atoms with Crippen LogP contribution in [0.4, 0.5) is 5.69 Å². The molecule has 1 saturated heterocycles. The number of imidazole rings is 1. The van der Waals surface area contributed by atoms with Gasteiger partial charge in [-0.25, -0.2) is 9.78 Å². The van der Waals surface area contributed by atoms with Crippen molar-refractivity contribution in [1.29, 1.82) is 0 Å². The van der Waals surface area contributed by atoms with Crippen LogP contribution in [-0.4, -0.2) is 52.3 Å². The van der Waals surface area contributed by atoms with E-state index in [4.69, 9.17) is 4.74 Å². The Morgan fingerprint density at radius 2 is 1.76 bits per heavy atom. The molecular weight excluding hydrogens is 372 g/mol. The fourth-order valence-electron chi connectivity index (χ4n) is 3.48. The predicted molar refractivity (Wildman–Crippen MR) is 106 cm³/mol. The Balaban J connectivity index is 1.70. The number of pyridine rings is 1. The van der Waals surface area contributed by atoms with E-state index in [0.29, 0.717) is 24.3 Å². The van der Waals surface area contributed by atoms with Crippen LogP contribution < -0.4 is 5.32 Å². The highest BCUT2D eigenvalue weighted by atomic mass is 16.5. The maximum Gasteiger partial charge on any atom is 0.339 e. The Bertz CT molecular complexity index is 1100. The zero-order chi connectivity index (χ0) is 20.4. The normalized spacial score (nSPS) is 13.5. The van der Waals surface area contributed by atoms with Gasteiger partial charge in [0.1, 0.15) is 0 Å². The highest BCUT2D eigenvalue weighted by molar-refractivity contribution is 6.11. The highest BCUT2D eigenvalue weighted by Crippen LogP contribution is 2.21. The number of esters is 1. The molecule has 0 spiro atoms. The van der Waals surface area contributed by atoms with Crippen LogP contribution in [0.1, 0.15) is 44.3 Å². The number of benzene rings is 1. The predicted octanol–water partition coefficient (Wildman–Crippen LogP) is 2.61. The van der Waals surface area contributed by atoms with Crippen molar-refractivity contribution in [2.75, 3.05) is 25.5 Å². The van der Waals surface area contributed by atoms with E-state index in [9.17, 15) is 14.4 Å². The molecule has 1 aromatic carbocycles. The quantitative estimate of drug-likeness (QED) is 0.689. The smallest absolute Gasteiger partial charge is 0.339 e. The second kappa shape index (κ2) is 7.75. The molecule has 0 unspecified atom stereocenters. The van der Waals surface area contributed by atoms with Gasteiger partial charge >= 0.3 is 5.97 Å². The molecular formula is C21H20N4O4. The van der Waals surface area contributed by atoms with Crippen LogP contribution in [0.5, 0.6) is 0 Å². The number of hydrogen-bond acceptors (Lipinski definition) is 5. The summed E-state index contributed by atoms with van der Waals surface area (Å²) in [7, 11) is 1.28. The summed E-state index contributed by atoms with van der Waals surface area (Å²) in [5, 5.41) is 2.72. The highest BCUT2D eigenvalue weighted by Gasteiger charge is 2.27. The lowest BCUT2D eigenvalue weighted by Crippen LogP contribution is -2.29. The number of nitrogens with zero attached hydrogens (tertiary/aromatic N) is 3. The Morgan fingerprint density at radius 1 is 1.03 bits per heavy atom. The van der Waals surface area contributed by atoms with Gasteiger partial charge in [-0.05, 0) is 37.1 Å². The van der Waals surface area contributed by atoms with Crippen LogP contribution >= 0.6 is 0 Å². The third kappa shape index (κ3) is 3.44. The molecule has 3 aromatic rings. The van der Waals surface area contributed by atoms with Gasteiger partial charge in [0.15, 0.2) is 5.69 Å². The van der Waals surface area contributed by atoms with E-state index in [2.05, 4.69) is 10.3 Å². The number of rotatable bonds is 4. The van der Waals surface area contributed by atoms with Crippen LogP contribution in [0, 0.1) is 0 Å². The Hall–Kier alpha value is -3.68. The Kier molecular flexibility index (Phi) is 4.99. The monoisotopic (exact) mass is 392 g/mol. The number of methoxy groups -OCH3 is 1. The van der Waals surface area contributed by atoms with Gasteiger partial charge in [0, 0.05) is 19.3 Å². The number of nitrogens with one attached hydrogen (secondary N) is 1. The van der Waals surface area contributed by atoms with Crippen molar-refractivity contribution in [3.8, 4) is 0 Å². The number of carbonyl (C=O) groups is 3. The number of likely N-dealkylation sites (tertiary alicyclic amines) is 1. The van der Waals surface area contributed by atoms with E-state index in [1.165, 1.54) is 7.11 Å². The van der Waals surface area contributed by atoms with Gasteiger partial charge < -0.3 is 15.0 Å². The average molecular weight is 392 g/mol. The third-order valence-electron chi connectivity index (χ3n) is 4.93. The minimum atomic E-state index is -0.555. The number of amides is 2. The number of carbonyl (C=O) groups excluding carboxylic acids is 3. The van der Waals surface area contributed by atoms with Crippen molar-refractivity contribution in [1.82, 2.24) is 14.3 Å². The van der Waals surface area contributed by atoms with E-state index in [1.54, 1.807) is 58.0 Å². The summed E-state index contributed by atoms with van der Waals surface area (Å²) in [4.78, 5) is 43.9. The van der Waals surface area contributed by atoms with E-state index in [1.807, 2.05) is 0 Å². The molecule has 0 aliphatic carbocycles. The number of hydrogen-bond donors (Lipinski definition) is 1. The molecule has 148 valence electrons. The van der Waals surface area contributed by atoms with Gasteiger partial charge in [-0.1, -0.05) is 18.2 Å². The van der Waals surface area contributed by atoms with Gasteiger partial charge in [-0.2, -0.15) is 0 Å². The Labute approximate surface area is 167 Å². The SMILES string of the molecule is COC(=O)c1ccccc1NC(=O)c1nc(C(=O)N2CCCC2)n2ccccc12. The second-order valence-electron chi connectivity index (χ2n) is 6.73. The molecule has 8 heteroatoms. The van der Waals surface area contributed by atoms with Crippen molar-refractivity contribution in [3.63, 3.8) is 0 Å². The molecule has 1 aliphatic rings. The molecule has 1 aliphatic heterocycles. The van der Waals surface area contributed by atoms with E-state index in [0.717, 1.165) is 12.8 Å². The number of fused-ring (bicyclic) bond motifs is 1. The number of ether oxygens (including phenoxy) is 1. The standard InChI is InChI=1S/C21H20N4O4/c1-29-21(28)14-8-2-3-9-15(14)22-19(26)17-16-10-4-5-13-25(16)18(23-17)20(27)24-11-6-7-12-24/h2-5,8-10,13H,6-7,11-12H2,1H3,(H,22,26). The molecule has 29 heavy (non-hydrogen) atoms. The molecule has 0 radical (unpaired) electrons. The first-order valence-corrected chi connectivity index (χ1v) is 9.35. The van der Waals surface area contributed by atoms with Crippen LogP contribution in [-0.2, 0) is 4.74 Å². The first-order valence-electron chi connectivity index (χ1n) is 9.35. The molecule has 8 nitrogen and oxygen atoms in total. The molecule has 1 fully saturated rings. The van der Waals surface area contributed by atoms with Gasteiger partial charge in [-0.3, -0.25) is 14.0 Å². The van der Waals surface area contributed by atoms with Crippen molar-refractivity contribution < 1.29 is 19.1 Å². The molecule has 0 bridgehead atoms.